The third-order valence-electron chi connectivity index (χ3n) is 6.33. The zero-order valence-corrected chi connectivity index (χ0v) is 20.2. The van der Waals surface area contributed by atoms with Gasteiger partial charge in [0.2, 0.25) is 5.95 Å². The van der Waals surface area contributed by atoms with Gasteiger partial charge >= 0.3 is 12.3 Å². The summed E-state index contributed by atoms with van der Waals surface area (Å²) in [6.45, 7) is 4.78. The van der Waals surface area contributed by atoms with Crippen molar-refractivity contribution in [1.82, 2.24) is 9.55 Å². The van der Waals surface area contributed by atoms with Crippen LogP contribution in [0.5, 0.6) is 11.5 Å². The maximum atomic E-state index is 12.5. The second kappa shape index (κ2) is 10.7. The Morgan fingerprint density at radius 1 is 1.08 bits per heavy atom. The maximum Gasteiger partial charge on any atom is 0.573 e. The number of hydrogen-bond acceptors (Lipinski definition) is 5. The smallest absolute Gasteiger partial charge is 0.494 e. The lowest BCUT2D eigenvalue weighted by Crippen LogP contribution is -2.23. The number of aromatic nitrogens is 2. The minimum Gasteiger partial charge on any atom is -0.494 e. The number of halogens is 3. The van der Waals surface area contributed by atoms with Crippen molar-refractivity contribution in [3.05, 3.63) is 42.5 Å². The highest BCUT2D eigenvalue weighted by atomic mass is 19.4. The molecule has 7 nitrogen and oxygen atoms in total. The van der Waals surface area contributed by atoms with Crippen molar-refractivity contribution in [3.8, 4) is 11.5 Å². The van der Waals surface area contributed by atoms with Crippen molar-refractivity contribution in [2.75, 3.05) is 11.9 Å². The second-order valence-electron chi connectivity index (χ2n) is 9.57. The highest BCUT2D eigenvalue weighted by Gasteiger charge is 2.31. The molecule has 1 saturated carbocycles. The molecule has 36 heavy (non-hydrogen) atoms. The molecule has 1 aliphatic rings. The van der Waals surface area contributed by atoms with E-state index in [1.54, 1.807) is 0 Å². The van der Waals surface area contributed by atoms with Gasteiger partial charge in [-0.3, -0.25) is 4.79 Å². The van der Waals surface area contributed by atoms with Gasteiger partial charge in [-0.25, -0.2) is 4.98 Å². The molecule has 1 aliphatic carbocycles. The van der Waals surface area contributed by atoms with Crippen molar-refractivity contribution >= 4 is 28.6 Å². The van der Waals surface area contributed by atoms with E-state index in [4.69, 9.17) is 14.8 Å². The molecule has 10 heteroatoms. The Balaban J connectivity index is 1.62. The quantitative estimate of drug-likeness (QED) is 0.307. The van der Waals surface area contributed by atoms with E-state index in [9.17, 15) is 18.0 Å². The van der Waals surface area contributed by atoms with Crippen LogP contribution in [0.2, 0.25) is 0 Å². The number of anilines is 2. The molecule has 3 aromatic rings. The summed E-state index contributed by atoms with van der Waals surface area (Å²) in [5.74, 6) is 1.16. The fraction of sp³-hybridized carbons (Fsp3) is 0.462. The number of nitrogens with one attached hydrogen (secondary N) is 1. The number of nitrogens with zero attached hydrogens (tertiary/aromatic N) is 2. The summed E-state index contributed by atoms with van der Waals surface area (Å²) in [6.07, 6.45) is -1.14. The van der Waals surface area contributed by atoms with Crippen LogP contribution < -0.4 is 14.8 Å². The largest absolute Gasteiger partial charge is 0.573 e. The average molecular weight is 506 g/mol. The van der Waals surface area contributed by atoms with Gasteiger partial charge in [0.05, 0.1) is 17.6 Å². The highest BCUT2D eigenvalue weighted by molar-refractivity contribution is 5.81. The number of ether oxygens (including phenoxy) is 2. The number of carbonyl (C=O) groups is 1. The molecule has 2 unspecified atom stereocenters. The summed E-state index contributed by atoms with van der Waals surface area (Å²) in [4.78, 5) is 15.5. The summed E-state index contributed by atoms with van der Waals surface area (Å²) in [7, 11) is 0. The Kier molecular flexibility index (Phi) is 7.61. The second-order valence-corrected chi connectivity index (χ2v) is 9.57. The van der Waals surface area contributed by atoms with E-state index in [0.717, 1.165) is 23.9 Å². The lowest BCUT2D eigenvalue weighted by atomic mass is 9.80. The molecule has 1 fully saturated rings. The number of carboxylic acid groups (broad SMARTS) is 1. The first kappa shape index (κ1) is 25.7. The van der Waals surface area contributed by atoms with Gasteiger partial charge in [-0.05, 0) is 73.9 Å². The number of rotatable bonds is 9. The minimum absolute atomic E-state index is 0.0375. The first-order valence-corrected chi connectivity index (χ1v) is 12.1. The van der Waals surface area contributed by atoms with E-state index < -0.39 is 12.3 Å². The number of carboxylic acids is 1. The molecule has 2 aromatic carbocycles. The molecule has 2 N–H and O–H groups in total. The molecule has 4 rings (SSSR count). The average Bonchev–Trinajstić information content (AvgIpc) is 3.13. The molecule has 0 amide bonds. The lowest BCUT2D eigenvalue weighted by Gasteiger charge is -2.33. The van der Waals surface area contributed by atoms with Gasteiger partial charge in [0.1, 0.15) is 11.5 Å². The van der Waals surface area contributed by atoms with Crippen LogP contribution in [0.3, 0.4) is 0 Å². The standard InChI is InChI=1S/C26H30F3N3O4/c1-16-12-17(2)14-19(13-16)32-23-10-9-21(35-11-3-4-24(33)34)15-22(23)31-25(32)30-18-5-7-20(8-6-18)36-26(27,28)29/h5-10,15-17,19H,3-4,11-14H2,1-2H3,(H,30,31)(H,33,34). The number of alkyl halides is 3. The number of hydrogen-bond donors (Lipinski definition) is 2. The van der Waals surface area contributed by atoms with Crippen LogP contribution in [0.25, 0.3) is 11.0 Å². The first-order valence-electron chi connectivity index (χ1n) is 12.1. The maximum absolute atomic E-state index is 12.5. The molecule has 0 radical (unpaired) electrons. The Morgan fingerprint density at radius 2 is 1.75 bits per heavy atom. The van der Waals surface area contributed by atoms with E-state index in [1.165, 1.54) is 30.7 Å². The molecule has 0 aliphatic heterocycles. The highest BCUT2D eigenvalue weighted by Crippen LogP contribution is 2.40. The van der Waals surface area contributed by atoms with Crippen molar-refractivity contribution in [3.63, 3.8) is 0 Å². The predicted octanol–water partition coefficient (Wildman–Crippen LogP) is 6.92. The predicted molar refractivity (Wildman–Crippen MR) is 130 cm³/mol. The third kappa shape index (κ3) is 6.61. The van der Waals surface area contributed by atoms with Crippen molar-refractivity contribution in [2.24, 2.45) is 11.8 Å². The summed E-state index contributed by atoms with van der Waals surface area (Å²) >= 11 is 0. The molecule has 1 heterocycles. The molecule has 194 valence electrons. The van der Waals surface area contributed by atoms with Crippen LogP contribution in [0.15, 0.2) is 42.5 Å². The molecule has 0 spiro atoms. The van der Waals surface area contributed by atoms with Crippen LogP contribution >= 0.6 is 0 Å². The van der Waals surface area contributed by atoms with Crippen LogP contribution in [-0.2, 0) is 4.79 Å². The van der Waals surface area contributed by atoms with Gasteiger partial charge < -0.3 is 24.5 Å². The number of fused-ring (bicyclic) bond motifs is 1. The van der Waals surface area contributed by atoms with E-state index in [1.807, 2.05) is 18.2 Å². The normalized spacial score (nSPS) is 20.3. The van der Waals surface area contributed by atoms with Gasteiger partial charge in [0, 0.05) is 24.2 Å². The van der Waals surface area contributed by atoms with Gasteiger partial charge in [0.15, 0.2) is 0 Å². The summed E-state index contributed by atoms with van der Waals surface area (Å²) in [5, 5.41) is 12.1. The van der Waals surface area contributed by atoms with Gasteiger partial charge in [-0.15, -0.1) is 13.2 Å². The summed E-state index contributed by atoms with van der Waals surface area (Å²) in [5.41, 5.74) is 2.23. The summed E-state index contributed by atoms with van der Waals surface area (Å²) < 4.78 is 49.4. The monoisotopic (exact) mass is 505 g/mol. The molecule has 0 saturated heterocycles. The molecule has 1 aromatic heterocycles. The van der Waals surface area contributed by atoms with Crippen LogP contribution in [-0.4, -0.2) is 33.6 Å². The van der Waals surface area contributed by atoms with Gasteiger partial charge in [-0.1, -0.05) is 13.8 Å². The molecular formula is C26H30F3N3O4. The fourth-order valence-electron chi connectivity index (χ4n) is 5.02. The summed E-state index contributed by atoms with van der Waals surface area (Å²) in [6, 6.07) is 11.4. The Labute approximate surface area is 207 Å². The lowest BCUT2D eigenvalue weighted by molar-refractivity contribution is -0.274. The van der Waals surface area contributed by atoms with Crippen molar-refractivity contribution in [2.45, 2.75) is 58.4 Å². The van der Waals surface area contributed by atoms with E-state index in [0.29, 0.717) is 35.6 Å². The Hall–Kier alpha value is -3.43. The Morgan fingerprint density at radius 3 is 2.39 bits per heavy atom. The van der Waals surface area contributed by atoms with Crippen LogP contribution in [0.4, 0.5) is 24.8 Å². The van der Waals surface area contributed by atoms with Crippen LogP contribution in [0, 0.1) is 11.8 Å². The minimum atomic E-state index is -4.75. The van der Waals surface area contributed by atoms with Crippen molar-refractivity contribution in [1.29, 1.82) is 0 Å². The van der Waals surface area contributed by atoms with Gasteiger partial charge in [-0.2, -0.15) is 0 Å². The Bertz CT molecular complexity index is 1180. The number of imidazole rings is 1. The molecule has 0 bridgehead atoms. The first-order chi connectivity index (χ1) is 17.1. The van der Waals surface area contributed by atoms with E-state index in [-0.39, 0.29) is 24.8 Å². The zero-order valence-electron chi connectivity index (χ0n) is 20.2. The third-order valence-corrected chi connectivity index (χ3v) is 6.33. The number of benzene rings is 2. The van der Waals surface area contributed by atoms with E-state index >= 15 is 0 Å². The molecule has 2 atom stereocenters. The topological polar surface area (TPSA) is 85.6 Å². The zero-order chi connectivity index (χ0) is 25.9. The van der Waals surface area contributed by atoms with Crippen molar-refractivity contribution < 1.29 is 32.5 Å². The fourth-order valence-corrected chi connectivity index (χ4v) is 5.02. The van der Waals surface area contributed by atoms with Crippen LogP contribution in [0.1, 0.15) is 52.0 Å². The molecular weight excluding hydrogens is 475 g/mol. The van der Waals surface area contributed by atoms with Gasteiger partial charge in [0.25, 0.3) is 0 Å². The number of aliphatic carboxylic acids is 1. The van der Waals surface area contributed by atoms with E-state index in [2.05, 4.69) is 28.5 Å². The SMILES string of the molecule is CC1CC(C)CC(n2c(Nc3ccc(OC(F)(F)F)cc3)nc3cc(OCCCC(=O)O)ccc32)C1.